The summed E-state index contributed by atoms with van der Waals surface area (Å²) >= 11 is 11.8. The highest BCUT2D eigenvalue weighted by Gasteiger charge is 2.21. The summed E-state index contributed by atoms with van der Waals surface area (Å²) < 4.78 is 38.7. The van der Waals surface area contributed by atoms with Gasteiger partial charge in [0.05, 0.1) is 4.90 Å². The van der Waals surface area contributed by atoms with Gasteiger partial charge in [0.2, 0.25) is 10.0 Å². The SMILES string of the molecule is CN(Cc1ccc(Cl)cc1Cl)S(=O)(=O)c1ccc(F)cc1. The molecule has 112 valence electrons. The molecule has 7 heteroatoms. The van der Waals surface area contributed by atoms with Crippen molar-refractivity contribution in [2.24, 2.45) is 0 Å². The van der Waals surface area contributed by atoms with Crippen LogP contribution in [-0.4, -0.2) is 19.8 Å². The molecule has 3 nitrogen and oxygen atoms in total. The van der Waals surface area contributed by atoms with Crippen LogP contribution in [-0.2, 0) is 16.6 Å². The van der Waals surface area contributed by atoms with Crippen molar-refractivity contribution >= 4 is 33.2 Å². The van der Waals surface area contributed by atoms with Crippen LogP contribution in [0.5, 0.6) is 0 Å². The second kappa shape index (κ2) is 6.32. The maximum atomic E-state index is 12.9. The van der Waals surface area contributed by atoms with Crippen molar-refractivity contribution < 1.29 is 12.8 Å². The van der Waals surface area contributed by atoms with Crippen molar-refractivity contribution in [3.63, 3.8) is 0 Å². The van der Waals surface area contributed by atoms with Crippen LogP contribution in [0.3, 0.4) is 0 Å². The second-order valence-electron chi connectivity index (χ2n) is 4.45. The molecule has 0 N–H and O–H groups in total. The molecule has 2 aromatic carbocycles. The lowest BCUT2D eigenvalue weighted by Crippen LogP contribution is -2.26. The van der Waals surface area contributed by atoms with E-state index in [1.54, 1.807) is 18.2 Å². The minimum atomic E-state index is -3.71. The third-order valence-electron chi connectivity index (χ3n) is 2.93. The standard InChI is InChI=1S/C14H12Cl2FNO2S/c1-18(9-10-2-3-11(15)8-14(10)16)21(19,20)13-6-4-12(17)5-7-13/h2-8H,9H2,1H3. The van der Waals surface area contributed by atoms with Gasteiger partial charge in [-0.15, -0.1) is 0 Å². The third kappa shape index (κ3) is 3.74. The molecule has 0 aliphatic heterocycles. The number of rotatable bonds is 4. The van der Waals surface area contributed by atoms with Crippen molar-refractivity contribution in [3.05, 3.63) is 63.9 Å². The van der Waals surface area contributed by atoms with E-state index in [0.29, 0.717) is 15.6 Å². The molecular weight excluding hydrogens is 336 g/mol. The van der Waals surface area contributed by atoms with Gasteiger partial charge in [-0.3, -0.25) is 0 Å². The molecule has 0 aliphatic carbocycles. The van der Waals surface area contributed by atoms with E-state index in [9.17, 15) is 12.8 Å². The van der Waals surface area contributed by atoms with Gasteiger partial charge in [0.1, 0.15) is 5.82 Å². The molecule has 0 amide bonds. The molecule has 0 heterocycles. The fourth-order valence-electron chi connectivity index (χ4n) is 1.76. The van der Waals surface area contributed by atoms with Crippen molar-refractivity contribution in [2.45, 2.75) is 11.4 Å². The number of sulfonamides is 1. The van der Waals surface area contributed by atoms with Gasteiger partial charge in [-0.1, -0.05) is 29.3 Å². The van der Waals surface area contributed by atoms with Crippen LogP contribution >= 0.6 is 23.2 Å². The van der Waals surface area contributed by atoms with Crippen molar-refractivity contribution in [1.29, 1.82) is 0 Å². The average molecular weight is 348 g/mol. The number of benzene rings is 2. The first-order valence-electron chi connectivity index (χ1n) is 5.96. The lowest BCUT2D eigenvalue weighted by atomic mass is 10.2. The van der Waals surface area contributed by atoms with Crippen LogP contribution in [0.25, 0.3) is 0 Å². The number of hydrogen-bond acceptors (Lipinski definition) is 2. The fourth-order valence-corrected chi connectivity index (χ4v) is 3.38. The van der Waals surface area contributed by atoms with Gasteiger partial charge >= 0.3 is 0 Å². The summed E-state index contributed by atoms with van der Waals surface area (Å²) in [4.78, 5) is 0.0245. The molecule has 0 saturated heterocycles. The van der Waals surface area contributed by atoms with Crippen LogP contribution in [0.4, 0.5) is 4.39 Å². The Balaban J connectivity index is 2.26. The number of halogens is 3. The normalized spacial score (nSPS) is 11.9. The Kier molecular flexibility index (Phi) is 4.88. The Morgan fingerprint density at radius 3 is 2.29 bits per heavy atom. The molecule has 0 saturated carbocycles. The smallest absolute Gasteiger partial charge is 0.207 e. The second-order valence-corrected chi connectivity index (χ2v) is 7.34. The summed E-state index contributed by atoms with van der Waals surface area (Å²) in [5.74, 6) is -0.489. The van der Waals surface area contributed by atoms with Crippen LogP contribution in [0.1, 0.15) is 5.56 Å². The van der Waals surface area contributed by atoms with Crippen LogP contribution in [0, 0.1) is 5.82 Å². The predicted molar refractivity (Wildman–Crippen MR) is 81.5 cm³/mol. The van der Waals surface area contributed by atoms with Crippen molar-refractivity contribution in [3.8, 4) is 0 Å². The minimum Gasteiger partial charge on any atom is -0.207 e. The van der Waals surface area contributed by atoms with Crippen LogP contribution in [0.15, 0.2) is 47.4 Å². The average Bonchev–Trinajstić information content (AvgIpc) is 2.42. The first-order valence-corrected chi connectivity index (χ1v) is 8.16. The lowest BCUT2D eigenvalue weighted by molar-refractivity contribution is 0.466. The van der Waals surface area contributed by atoms with Gasteiger partial charge in [-0.05, 0) is 42.0 Å². The molecule has 2 aromatic rings. The Hall–Kier alpha value is -1.14. The predicted octanol–water partition coefficient (Wildman–Crippen LogP) is 3.95. The summed E-state index contributed by atoms with van der Waals surface area (Å²) in [5.41, 5.74) is 0.634. The highest BCUT2D eigenvalue weighted by molar-refractivity contribution is 7.89. The highest BCUT2D eigenvalue weighted by atomic mass is 35.5. The zero-order valence-electron chi connectivity index (χ0n) is 11.1. The Morgan fingerprint density at radius 1 is 1.10 bits per heavy atom. The molecule has 0 aliphatic rings. The zero-order valence-corrected chi connectivity index (χ0v) is 13.4. The lowest BCUT2D eigenvalue weighted by Gasteiger charge is -2.18. The number of nitrogens with zero attached hydrogens (tertiary/aromatic N) is 1. The number of hydrogen-bond donors (Lipinski definition) is 0. The van der Waals surface area contributed by atoms with E-state index < -0.39 is 15.8 Å². The van der Waals surface area contributed by atoms with E-state index in [1.807, 2.05) is 0 Å². The maximum absolute atomic E-state index is 12.9. The monoisotopic (exact) mass is 347 g/mol. The molecule has 0 fully saturated rings. The van der Waals surface area contributed by atoms with E-state index in [4.69, 9.17) is 23.2 Å². The van der Waals surface area contributed by atoms with E-state index in [2.05, 4.69) is 0 Å². The van der Waals surface area contributed by atoms with Crippen molar-refractivity contribution in [1.82, 2.24) is 4.31 Å². The van der Waals surface area contributed by atoms with E-state index in [-0.39, 0.29) is 11.4 Å². The van der Waals surface area contributed by atoms with Gasteiger partial charge < -0.3 is 0 Å². The Bertz CT molecular complexity index is 748. The van der Waals surface area contributed by atoms with Crippen LogP contribution in [0.2, 0.25) is 10.0 Å². The van der Waals surface area contributed by atoms with Crippen LogP contribution < -0.4 is 0 Å². The molecule has 0 spiro atoms. The molecule has 0 aromatic heterocycles. The topological polar surface area (TPSA) is 37.4 Å². The summed E-state index contributed by atoms with van der Waals surface area (Å²) in [5, 5.41) is 0.872. The molecule has 0 unspecified atom stereocenters. The molecular formula is C14H12Cl2FNO2S. The van der Waals surface area contributed by atoms with Crippen molar-refractivity contribution in [2.75, 3.05) is 7.05 Å². The van der Waals surface area contributed by atoms with Gasteiger partial charge in [-0.2, -0.15) is 4.31 Å². The molecule has 0 radical (unpaired) electrons. The van der Waals surface area contributed by atoms with E-state index >= 15 is 0 Å². The first-order chi connectivity index (χ1) is 9.80. The molecule has 0 bridgehead atoms. The largest absolute Gasteiger partial charge is 0.243 e. The van der Waals surface area contributed by atoms with Gasteiger partial charge in [0, 0.05) is 23.6 Å². The third-order valence-corrected chi connectivity index (χ3v) is 5.33. The summed E-state index contributed by atoms with van der Waals surface area (Å²) in [7, 11) is -2.27. The first kappa shape index (κ1) is 16.2. The summed E-state index contributed by atoms with van der Waals surface area (Å²) in [6.45, 7) is 0.0930. The Morgan fingerprint density at radius 2 is 1.71 bits per heavy atom. The maximum Gasteiger partial charge on any atom is 0.243 e. The van der Waals surface area contributed by atoms with Gasteiger partial charge in [0.25, 0.3) is 0 Å². The molecule has 2 rings (SSSR count). The zero-order chi connectivity index (χ0) is 15.6. The van der Waals surface area contributed by atoms with E-state index in [0.717, 1.165) is 16.4 Å². The van der Waals surface area contributed by atoms with Gasteiger partial charge in [0.15, 0.2) is 0 Å². The quantitative estimate of drug-likeness (QED) is 0.839. The summed E-state index contributed by atoms with van der Waals surface area (Å²) in [6, 6.07) is 9.53. The molecule has 0 atom stereocenters. The Labute approximate surface area is 133 Å². The summed E-state index contributed by atoms with van der Waals surface area (Å²) in [6.07, 6.45) is 0. The highest BCUT2D eigenvalue weighted by Crippen LogP contribution is 2.24. The minimum absolute atomic E-state index is 0.0245. The fraction of sp³-hybridized carbons (Fsp3) is 0.143. The molecule has 21 heavy (non-hydrogen) atoms. The van der Waals surface area contributed by atoms with E-state index in [1.165, 1.54) is 19.2 Å². The van der Waals surface area contributed by atoms with Gasteiger partial charge in [-0.25, -0.2) is 12.8 Å².